The number of nitrogens with one attached hydrogen (secondary N) is 1. The molecule has 19 heavy (non-hydrogen) atoms. The molecule has 2 N–H and O–H groups in total. The minimum Gasteiger partial charge on any atom is -0.497 e. The van der Waals surface area contributed by atoms with Crippen LogP contribution in [-0.4, -0.2) is 24.7 Å². The number of methoxy groups -OCH3 is 1. The second-order valence-corrected chi connectivity index (χ2v) is 4.41. The van der Waals surface area contributed by atoms with E-state index in [1.807, 2.05) is 36.4 Å². The summed E-state index contributed by atoms with van der Waals surface area (Å²) < 4.78 is 5.18. The lowest BCUT2D eigenvalue weighted by atomic mass is 10.0. The van der Waals surface area contributed by atoms with Crippen molar-refractivity contribution in [2.75, 3.05) is 13.7 Å². The fourth-order valence-corrected chi connectivity index (χ4v) is 2.07. The summed E-state index contributed by atoms with van der Waals surface area (Å²) in [5.74, 6) is 0.648. The molecule has 0 heterocycles. The van der Waals surface area contributed by atoms with Gasteiger partial charge in [-0.05, 0) is 34.5 Å². The Morgan fingerprint density at radius 2 is 1.95 bits per heavy atom. The molecule has 0 fully saturated rings. The second-order valence-electron chi connectivity index (χ2n) is 4.41. The number of hydrogen-bond donors (Lipinski definition) is 2. The largest absolute Gasteiger partial charge is 0.497 e. The van der Waals surface area contributed by atoms with Crippen molar-refractivity contribution in [3.05, 3.63) is 42.0 Å². The van der Waals surface area contributed by atoms with Crippen molar-refractivity contribution in [3.63, 3.8) is 0 Å². The summed E-state index contributed by atoms with van der Waals surface area (Å²) in [6, 6.07) is 11.2. The lowest BCUT2D eigenvalue weighted by Gasteiger charge is -2.16. The Balaban J connectivity index is 2.37. The van der Waals surface area contributed by atoms with Crippen LogP contribution < -0.4 is 10.1 Å². The number of carbonyl (C=O) groups is 1. The van der Waals surface area contributed by atoms with Crippen molar-refractivity contribution < 1.29 is 14.6 Å². The molecular weight excluding hydrogens is 242 g/mol. The third-order valence-corrected chi connectivity index (χ3v) is 3.03. The van der Waals surface area contributed by atoms with Gasteiger partial charge in [-0.3, -0.25) is 4.79 Å². The van der Waals surface area contributed by atoms with Crippen molar-refractivity contribution in [3.8, 4) is 5.75 Å². The van der Waals surface area contributed by atoms with Gasteiger partial charge in [-0.15, -0.1) is 0 Å². The Kier molecular flexibility index (Phi) is 4.02. The third-order valence-electron chi connectivity index (χ3n) is 3.03. The third kappa shape index (κ3) is 3.03. The predicted molar refractivity (Wildman–Crippen MR) is 74.1 cm³/mol. The zero-order valence-corrected chi connectivity index (χ0v) is 11.0. The maximum absolute atomic E-state index is 11.1. The van der Waals surface area contributed by atoms with E-state index in [9.17, 15) is 9.90 Å². The number of aliphatic hydroxyl groups is 1. The number of hydrogen-bond acceptors (Lipinski definition) is 3. The van der Waals surface area contributed by atoms with Crippen LogP contribution in [0, 0.1) is 0 Å². The first-order chi connectivity index (χ1) is 9.13. The molecule has 0 bridgehead atoms. The first kappa shape index (κ1) is 13.4. The second kappa shape index (κ2) is 5.71. The van der Waals surface area contributed by atoms with Gasteiger partial charge in [0.05, 0.1) is 19.8 Å². The van der Waals surface area contributed by atoms with E-state index < -0.39 is 0 Å². The highest BCUT2D eigenvalue weighted by Gasteiger charge is 2.11. The zero-order valence-electron chi connectivity index (χ0n) is 11.0. The topological polar surface area (TPSA) is 58.6 Å². The lowest BCUT2D eigenvalue weighted by Crippen LogP contribution is -2.28. The highest BCUT2D eigenvalue weighted by atomic mass is 16.5. The summed E-state index contributed by atoms with van der Waals surface area (Å²) in [5.41, 5.74) is 0.885. The van der Waals surface area contributed by atoms with Crippen molar-refractivity contribution >= 4 is 16.7 Å². The minimum atomic E-state index is -0.371. The van der Waals surface area contributed by atoms with E-state index in [4.69, 9.17) is 4.74 Å². The Morgan fingerprint density at radius 3 is 2.58 bits per heavy atom. The van der Waals surface area contributed by atoms with Gasteiger partial charge >= 0.3 is 0 Å². The Hall–Kier alpha value is -2.07. The van der Waals surface area contributed by atoms with Gasteiger partial charge in [0.25, 0.3) is 0 Å². The maximum atomic E-state index is 11.1. The van der Waals surface area contributed by atoms with Gasteiger partial charge in [0.2, 0.25) is 5.91 Å². The molecule has 1 amide bonds. The standard InChI is InChI=1S/C15H17NO3/c1-10(18)16-15(9-17)13-4-3-12-8-14(19-2)6-5-11(12)7-13/h3-8,15,17H,9H2,1-2H3,(H,16,18). The highest BCUT2D eigenvalue weighted by molar-refractivity contribution is 5.84. The Morgan fingerprint density at radius 1 is 1.26 bits per heavy atom. The molecule has 2 rings (SSSR count). The molecule has 0 aromatic heterocycles. The number of ether oxygens (including phenoxy) is 1. The Labute approximate surface area is 112 Å². The van der Waals surface area contributed by atoms with Crippen LogP contribution in [0.25, 0.3) is 10.8 Å². The van der Waals surface area contributed by atoms with Crippen LogP contribution in [-0.2, 0) is 4.79 Å². The predicted octanol–water partition coefficient (Wildman–Crippen LogP) is 2.02. The van der Waals surface area contributed by atoms with Crippen LogP contribution in [0.1, 0.15) is 18.5 Å². The van der Waals surface area contributed by atoms with Crippen molar-refractivity contribution in [1.82, 2.24) is 5.32 Å². The number of benzene rings is 2. The molecule has 0 aliphatic heterocycles. The van der Waals surface area contributed by atoms with Crippen LogP contribution in [0.4, 0.5) is 0 Å². The first-order valence-electron chi connectivity index (χ1n) is 6.09. The van der Waals surface area contributed by atoms with E-state index in [-0.39, 0.29) is 18.6 Å². The fraction of sp³-hybridized carbons (Fsp3) is 0.267. The number of carbonyl (C=O) groups excluding carboxylic acids is 1. The maximum Gasteiger partial charge on any atom is 0.217 e. The van der Waals surface area contributed by atoms with E-state index in [1.165, 1.54) is 6.92 Å². The molecule has 0 radical (unpaired) electrons. The van der Waals surface area contributed by atoms with Crippen LogP contribution in [0.15, 0.2) is 36.4 Å². The minimum absolute atomic E-state index is 0.124. The summed E-state index contributed by atoms with van der Waals surface area (Å²) in [5, 5.41) is 14.2. The highest BCUT2D eigenvalue weighted by Crippen LogP contribution is 2.24. The molecule has 2 aromatic carbocycles. The van der Waals surface area contributed by atoms with Crippen molar-refractivity contribution in [2.45, 2.75) is 13.0 Å². The van der Waals surface area contributed by atoms with E-state index in [0.717, 1.165) is 22.1 Å². The van der Waals surface area contributed by atoms with Crippen LogP contribution in [0.5, 0.6) is 5.75 Å². The van der Waals surface area contributed by atoms with E-state index in [1.54, 1.807) is 7.11 Å². The molecule has 0 saturated carbocycles. The van der Waals surface area contributed by atoms with Crippen LogP contribution in [0.2, 0.25) is 0 Å². The molecule has 100 valence electrons. The van der Waals surface area contributed by atoms with Gasteiger partial charge in [-0.1, -0.05) is 18.2 Å². The van der Waals surface area contributed by atoms with Gasteiger partial charge in [-0.25, -0.2) is 0 Å². The summed E-state index contributed by atoms with van der Waals surface area (Å²) in [6.07, 6.45) is 0. The van der Waals surface area contributed by atoms with Gasteiger partial charge in [0.15, 0.2) is 0 Å². The quantitative estimate of drug-likeness (QED) is 0.883. The summed E-state index contributed by atoms with van der Waals surface area (Å²) in [4.78, 5) is 11.1. The SMILES string of the molecule is COc1ccc2cc(C(CO)NC(C)=O)ccc2c1. The fourth-order valence-electron chi connectivity index (χ4n) is 2.07. The zero-order chi connectivity index (χ0) is 13.8. The molecule has 2 aromatic rings. The number of aliphatic hydroxyl groups excluding tert-OH is 1. The normalized spacial score (nSPS) is 12.2. The first-order valence-corrected chi connectivity index (χ1v) is 6.09. The molecule has 0 saturated heterocycles. The van der Waals surface area contributed by atoms with Crippen molar-refractivity contribution in [2.24, 2.45) is 0 Å². The average Bonchev–Trinajstić information content (AvgIpc) is 2.43. The molecule has 0 aliphatic rings. The average molecular weight is 259 g/mol. The van der Waals surface area contributed by atoms with E-state index in [0.29, 0.717) is 0 Å². The van der Waals surface area contributed by atoms with E-state index in [2.05, 4.69) is 5.32 Å². The molecule has 1 unspecified atom stereocenters. The summed E-state index contributed by atoms with van der Waals surface area (Å²) in [7, 11) is 1.63. The van der Waals surface area contributed by atoms with Crippen LogP contribution >= 0.6 is 0 Å². The van der Waals surface area contributed by atoms with E-state index >= 15 is 0 Å². The van der Waals surface area contributed by atoms with Crippen molar-refractivity contribution in [1.29, 1.82) is 0 Å². The van der Waals surface area contributed by atoms with Crippen LogP contribution in [0.3, 0.4) is 0 Å². The van der Waals surface area contributed by atoms with Gasteiger partial charge < -0.3 is 15.2 Å². The number of amides is 1. The molecule has 4 nitrogen and oxygen atoms in total. The molecule has 0 aliphatic carbocycles. The number of fused-ring (bicyclic) bond motifs is 1. The summed E-state index contributed by atoms with van der Waals surface area (Å²) >= 11 is 0. The summed E-state index contributed by atoms with van der Waals surface area (Å²) in [6.45, 7) is 1.32. The molecule has 4 heteroatoms. The monoisotopic (exact) mass is 259 g/mol. The molecule has 0 spiro atoms. The van der Waals surface area contributed by atoms with Gasteiger partial charge in [0, 0.05) is 6.92 Å². The van der Waals surface area contributed by atoms with Gasteiger partial charge in [0.1, 0.15) is 5.75 Å². The van der Waals surface area contributed by atoms with Gasteiger partial charge in [-0.2, -0.15) is 0 Å². The molecule has 1 atom stereocenters. The molecular formula is C15H17NO3. The smallest absolute Gasteiger partial charge is 0.217 e. The number of rotatable bonds is 4. The Bertz CT molecular complexity index is 595. The lowest BCUT2D eigenvalue weighted by molar-refractivity contribution is -0.120.